The van der Waals surface area contributed by atoms with Crippen molar-refractivity contribution in [1.29, 1.82) is 5.26 Å². The minimum absolute atomic E-state index is 0.237. The highest BCUT2D eigenvalue weighted by atomic mass is 32.2. The van der Waals surface area contributed by atoms with Crippen LogP contribution in [0.3, 0.4) is 0 Å². The average Bonchev–Trinajstić information content (AvgIpc) is 3.15. The van der Waals surface area contributed by atoms with E-state index >= 15 is 0 Å². The van der Waals surface area contributed by atoms with Crippen molar-refractivity contribution in [3.63, 3.8) is 0 Å². The van der Waals surface area contributed by atoms with Gasteiger partial charge in [0.05, 0.1) is 12.1 Å². The normalized spacial score (nSPS) is 16.7. The minimum atomic E-state index is 0.237. The lowest BCUT2D eigenvalue weighted by Crippen LogP contribution is -2.29. The van der Waals surface area contributed by atoms with Crippen LogP contribution in [-0.2, 0) is 23.5 Å². The number of benzene rings is 1. The van der Waals surface area contributed by atoms with Crippen molar-refractivity contribution in [1.82, 2.24) is 14.8 Å². The van der Waals surface area contributed by atoms with Crippen LogP contribution in [0, 0.1) is 17.9 Å². The lowest BCUT2D eigenvalue weighted by Gasteiger charge is -2.25. The van der Waals surface area contributed by atoms with Gasteiger partial charge in [-0.25, -0.2) is 9.83 Å². The standard InChI is InChI=1S/C27H32N6OS/c1-4-22-23(17-28)27(30-26(25(22)29-2)32-14-6-12-31(3)15-16-32)35-19-21-10-8-20(9-11-21)18-33-13-5-7-24(33)34/h8-11H,4-7,12-16,18-19H2,1,3H3. The number of anilines is 1. The number of likely N-dealkylation sites (N-methyl/N-ethyl adjacent to an activating group) is 1. The molecule has 0 radical (unpaired) electrons. The Balaban J connectivity index is 1.55. The summed E-state index contributed by atoms with van der Waals surface area (Å²) in [5.74, 6) is 1.65. The zero-order chi connectivity index (χ0) is 24.8. The first kappa shape index (κ1) is 25.0. The minimum Gasteiger partial charge on any atom is -0.364 e. The van der Waals surface area contributed by atoms with Gasteiger partial charge in [-0.2, -0.15) is 5.26 Å². The molecule has 2 aromatic rings. The number of thioether (sulfide) groups is 1. The van der Waals surface area contributed by atoms with Crippen molar-refractivity contribution in [3.05, 3.63) is 57.9 Å². The van der Waals surface area contributed by atoms with Crippen molar-refractivity contribution in [3.8, 4) is 6.07 Å². The molecule has 0 N–H and O–H groups in total. The second-order valence-electron chi connectivity index (χ2n) is 9.19. The Kier molecular flexibility index (Phi) is 8.28. The zero-order valence-electron chi connectivity index (χ0n) is 20.6. The fraction of sp³-hybridized carbons (Fsp3) is 0.481. The lowest BCUT2D eigenvalue weighted by atomic mass is 10.1. The number of likely N-dealkylation sites (tertiary alicyclic amines) is 1. The quantitative estimate of drug-likeness (QED) is 0.418. The van der Waals surface area contributed by atoms with Gasteiger partial charge in [-0.05, 0) is 49.5 Å². The summed E-state index contributed by atoms with van der Waals surface area (Å²) in [4.78, 5) is 27.1. The van der Waals surface area contributed by atoms with Gasteiger partial charge >= 0.3 is 0 Å². The number of carbonyl (C=O) groups is 1. The summed E-state index contributed by atoms with van der Waals surface area (Å²) in [5, 5.41) is 10.7. The van der Waals surface area contributed by atoms with E-state index in [4.69, 9.17) is 11.6 Å². The highest BCUT2D eigenvalue weighted by Crippen LogP contribution is 2.39. The van der Waals surface area contributed by atoms with Gasteiger partial charge in [-0.3, -0.25) is 4.79 Å². The molecule has 0 atom stereocenters. The number of amides is 1. The first-order valence-corrected chi connectivity index (χ1v) is 13.3. The van der Waals surface area contributed by atoms with E-state index in [0.717, 1.165) is 68.1 Å². The number of nitrogens with zero attached hydrogens (tertiary/aromatic N) is 6. The third-order valence-corrected chi connectivity index (χ3v) is 7.81. The van der Waals surface area contributed by atoms with Gasteiger partial charge in [-0.1, -0.05) is 31.2 Å². The van der Waals surface area contributed by atoms with Crippen molar-refractivity contribution in [2.75, 3.05) is 44.7 Å². The van der Waals surface area contributed by atoms with Gasteiger partial charge in [0.25, 0.3) is 0 Å². The Morgan fingerprint density at radius 2 is 1.89 bits per heavy atom. The fourth-order valence-electron chi connectivity index (χ4n) is 4.73. The monoisotopic (exact) mass is 488 g/mol. The van der Waals surface area contributed by atoms with E-state index < -0.39 is 0 Å². The number of aromatic nitrogens is 1. The number of carbonyl (C=O) groups excluding carboxylic acids is 1. The van der Waals surface area contributed by atoms with Crippen LogP contribution in [0.4, 0.5) is 11.5 Å². The molecule has 2 saturated heterocycles. The highest BCUT2D eigenvalue weighted by molar-refractivity contribution is 7.98. The van der Waals surface area contributed by atoms with Gasteiger partial charge < -0.3 is 14.7 Å². The zero-order valence-corrected chi connectivity index (χ0v) is 21.4. The summed E-state index contributed by atoms with van der Waals surface area (Å²) in [6.45, 7) is 15.0. The smallest absolute Gasteiger partial charge is 0.232 e. The number of nitriles is 1. The first-order chi connectivity index (χ1) is 17.0. The average molecular weight is 489 g/mol. The van der Waals surface area contributed by atoms with Crippen LogP contribution in [0.5, 0.6) is 0 Å². The molecule has 0 aliphatic carbocycles. The van der Waals surface area contributed by atoms with E-state index in [1.165, 1.54) is 0 Å². The third-order valence-electron chi connectivity index (χ3n) is 6.76. The molecule has 2 aliphatic heterocycles. The predicted octanol–water partition coefficient (Wildman–Crippen LogP) is 4.62. The summed E-state index contributed by atoms with van der Waals surface area (Å²) in [7, 11) is 2.12. The molecule has 182 valence electrons. The topological polar surface area (TPSA) is 67.8 Å². The first-order valence-electron chi connectivity index (χ1n) is 12.3. The Morgan fingerprint density at radius 3 is 2.54 bits per heavy atom. The molecule has 0 saturated carbocycles. The maximum absolute atomic E-state index is 11.9. The molecular weight excluding hydrogens is 456 g/mol. The van der Waals surface area contributed by atoms with E-state index in [0.29, 0.717) is 41.4 Å². The summed E-state index contributed by atoms with van der Waals surface area (Å²) in [6.07, 6.45) is 3.26. The van der Waals surface area contributed by atoms with Crippen LogP contribution in [0.25, 0.3) is 4.85 Å². The number of pyridine rings is 1. The molecule has 0 bridgehead atoms. The Hall–Kier alpha value is -3.07. The van der Waals surface area contributed by atoms with Gasteiger partial charge in [0.2, 0.25) is 11.6 Å². The molecule has 1 aromatic heterocycles. The molecule has 2 aliphatic rings. The molecule has 3 heterocycles. The Morgan fingerprint density at radius 1 is 1.11 bits per heavy atom. The summed E-state index contributed by atoms with van der Waals surface area (Å²) >= 11 is 1.56. The van der Waals surface area contributed by atoms with Gasteiger partial charge in [0.1, 0.15) is 16.9 Å². The SMILES string of the molecule is [C-]#[N+]c1c(N2CCCN(C)CC2)nc(SCc2ccc(CN3CCCC3=O)cc2)c(C#N)c1CC. The lowest BCUT2D eigenvalue weighted by molar-refractivity contribution is -0.128. The Bertz CT molecular complexity index is 1150. The maximum Gasteiger partial charge on any atom is 0.232 e. The summed E-state index contributed by atoms with van der Waals surface area (Å²) in [6, 6.07) is 10.7. The van der Waals surface area contributed by atoms with E-state index in [1.54, 1.807) is 11.8 Å². The van der Waals surface area contributed by atoms with Crippen LogP contribution in [0.15, 0.2) is 29.3 Å². The van der Waals surface area contributed by atoms with E-state index in [2.05, 4.69) is 52.0 Å². The molecule has 0 unspecified atom stereocenters. The molecule has 0 spiro atoms. The molecular formula is C27H32N6OS. The predicted molar refractivity (Wildman–Crippen MR) is 140 cm³/mol. The van der Waals surface area contributed by atoms with Gasteiger partial charge in [0, 0.05) is 44.9 Å². The molecule has 8 heteroatoms. The van der Waals surface area contributed by atoms with Crippen LogP contribution in [0.1, 0.15) is 48.4 Å². The number of hydrogen-bond acceptors (Lipinski definition) is 6. The number of rotatable bonds is 7. The number of hydrogen-bond donors (Lipinski definition) is 0. The summed E-state index contributed by atoms with van der Waals surface area (Å²) < 4.78 is 0. The molecule has 35 heavy (non-hydrogen) atoms. The summed E-state index contributed by atoms with van der Waals surface area (Å²) in [5.41, 5.74) is 4.13. The highest BCUT2D eigenvalue weighted by Gasteiger charge is 2.24. The molecule has 4 rings (SSSR count). The molecule has 1 aromatic carbocycles. The van der Waals surface area contributed by atoms with Crippen LogP contribution in [0.2, 0.25) is 0 Å². The van der Waals surface area contributed by atoms with Crippen molar-refractivity contribution >= 4 is 29.2 Å². The van der Waals surface area contributed by atoms with Crippen LogP contribution < -0.4 is 4.90 Å². The van der Waals surface area contributed by atoms with Crippen molar-refractivity contribution in [2.45, 2.75) is 49.9 Å². The van der Waals surface area contributed by atoms with Crippen LogP contribution in [-0.4, -0.2) is 60.5 Å². The molecule has 7 nitrogen and oxygen atoms in total. The maximum atomic E-state index is 11.9. The fourth-order valence-corrected chi connectivity index (χ4v) is 5.69. The van der Waals surface area contributed by atoms with Crippen molar-refractivity contribution < 1.29 is 4.79 Å². The second kappa shape index (κ2) is 11.6. The van der Waals surface area contributed by atoms with Crippen molar-refractivity contribution in [2.24, 2.45) is 0 Å². The second-order valence-corrected chi connectivity index (χ2v) is 10.2. The van der Waals surface area contributed by atoms with E-state index in [-0.39, 0.29) is 5.91 Å². The van der Waals surface area contributed by atoms with Crippen LogP contribution >= 0.6 is 11.8 Å². The Labute approximate surface area is 212 Å². The third kappa shape index (κ3) is 5.78. The molecule has 1 amide bonds. The van der Waals surface area contributed by atoms with E-state index in [1.807, 2.05) is 11.8 Å². The van der Waals surface area contributed by atoms with Gasteiger partial charge in [0.15, 0.2) is 0 Å². The largest absolute Gasteiger partial charge is 0.364 e. The van der Waals surface area contributed by atoms with E-state index in [9.17, 15) is 10.1 Å². The molecule has 2 fully saturated rings. The van der Waals surface area contributed by atoms with Gasteiger partial charge in [-0.15, -0.1) is 11.8 Å².